The fourth-order valence-electron chi connectivity index (χ4n) is 2.10. The van der Waals surface area contributed by atoms with Gasteiger partial charge in [0, 0.05) is 19.0 Å². The van der Waals surface area contributed by atoms with E-state index in [1.807, 2.05) is 6.92 Å². The summed E-state index contributed by atoms with van der Waals surface area (Å²) < 4.78 is 0. The molecule has 94 valence electrons. The van der Waals surface area contributed by atoms with Crippen molar-refractivity contribution >= 4 is 5.91 Å². The number of nitrogens with one attached hydrogen (secondary N) is 1. The molecule has 1 rings (SSSR count). The predicted octanol–water partition coefficient (Wildman–Crippen LogP) is 0.925. The number of amides is 1. The molecule has 0 bridgehead atoms. The van der Waals surface area contributed by atoms with Gasteiger partial charge >= 0.3 is 0 Å². The Morgan fingerprint density at radius 2 is 2.06 bits per heavy atom. The summed E-state index contributed by atoms with van der Waals surface area (Å²) in [7, 11) is 0. The van der Waals surface area contributed by atoms with Gasteiger partial charge in [0.05, 0.1) is 5.60 Å². The Kier molecular flexibility index (Phi) is 5.22. The molecule has 1 amide bonds. The molecule has 1 fully saturated rings. The van der Waals surface area contributed by atoms with Crippen molar-refractivity contribution in [3.8, 4) is 0 Å². The average Bonchev–Trinajstić information content (AvgIpc) is 2.27. The van der Waals surface area contributed by atoms with Gasteiger partial charge in [-0.1, -0.05) is 26.2 Å². The predicted molar refractivity (Wildman–Crippen MR) is 63.9 cm³/mol. The monoisotopic (exact) mass is 228 g/mol. The number of rotatable bonds is 5. The summed E-state index contributed by atoms with van der Waals surface area (Å²) in [6.07, 6.45) is 6.06. The summed E-state index contributed by atoms with van der Waals surface area (Å²) in [5.74, 6) is -0.0478. The number of hydrogen-bond acceptors (Lipinski definition) is 3. The number of hydrogen-bond donors (Lipinski definition) is 3. The van der Waals surface area contributed by atoms with E-state index in [1.54, 1.807) is 0 Å². The van der Waals surface area contributed by atoms with E-state index in [2.05, 4.69) is 5.32 Å². The highest BCUT2D eigenvalue weighted by Gasteiger charge is 2.29. The van der Waals surface area contributed by atoms with Gasteiger partial charge in [-0.25, -0.2) is 0 Å². The summed E-state index contributed by atoms with van der Waals surface area (Å²) in [6.45, 7) is 2.34. The van der Waals surface area contributed by atoms with Crippen LogP contribution in [0.2, 0.25) is 0 Å². The Morgan fingerprint density at radius 3 is 2.62 bits per heavy atom. The van der Waals surface area contributed by atoms with Crippen LogP contribution in [0.25, 0.3) is 0 Å². The zero-order valence-electron chi connectivity index (χ0n) is 10.2. The fourth-order valence-corrected chi connectivity index (χ4v) is 2.10. The molecule has 4 N–H and O–H groups in total. The van der Waals surface area contributed by atoms with Crippen molar-refractivity contribution in [2.24, 2.45) is 5.73 Å². The highest BCUT2D eigenvalue weighted by atomic mass is 16.3. The maximum atomic E-state index is 11.5. The first kappa shape index (κ1) is 13.5. The third-order valence-corrected chi connectivity index (χ3v) is 3.37. The summed E-state index contributed by atoms with van der Waals surface area (Å²) in [4.78, 5) is 11.5. The van der Waals surface area contributed by atoms with Gasteiger partial charge in [0.1, 0.15) is 0 Å². The smallest absolute Gasteiger partial charge is 0.221 e. The first-order chi connectivity index (χ1) is 7.56. The first-order valence-corrected chi connectivity index (χ1v) is 6.30. The molecule has 0 aromatic heterocycles. The number of carbonyl (C=O) groups is 1. The Labute approximate surface area is 97.6 Å². The Hall–Kier alpha value is -0.610. The van der Waals surface area contributed by atoms with E-state index in [9.17, 15) is 9.90 Å². The van der Waals surface area contributed by atoms with Gasteiger partial charge < -0.3 is 16.2 Å². The lowest BCUT2D eigenvalue weighted by Gasteiger charge is -2.32. The summed E-state index contributed by atoms with van der Waals surface area (Å²) in [5.41, 5.74) is 5.02. The van der Waals surface area contributed by atoms with Crippen molar-refractivity contribution in [3.63, 3.8) is 0 Å². The lowest BCUT2D eigenvalue weighted by atomic mass is 9.85. The van der Waals surface area contributed by atoms with E-state index in [0.29, 0.717) is 13.0 Å². The van der Waals surface area contributed by atoms with E-state index >= 15 is 0 Å². The van der Waals surface area contributed by atoms with Crippen molar-refractivity contribution < 1.29 is 9.90 Å². The molecule has 0 aromatic rings. The molecule has 4 heteroatoms. The quantitative estimate of drug-likeness (QED) is 0.655. The first-order valence-electron chi connectivity index (χ1n) is 6.30. The maximum Gasteiger partial charge on any atom is 0.221 e. The van der Waals surface area contributed by atoms with Crippen molar-refractivity contribution in [1.82, 2.24) is 5.32 Å². The summed E-state index contributed by atoms with van der Waals surface area (Å²) in [6, 6.07) is -0.0685. The highest BCUT2D eigenvalue weighted by Crippen LogP contribution is 2.27. The van der Waals surface area contributed by atoms with E-state index in [-0.39, 0.29) is 11.9 Å². The largest absolute Gasteiger partial charge is 0.388 e. The Balaban J connectivity index is 2.24. The Morgan fingerprint density at radius 1 is 1.44 bits per heavy atom. The molecule has 4 nitrogen and oxygen atoms in total. The zero-order chi connectivity index (χ0) is 12.0. The van der Waals surface area contributed by atoms with Gasteiger partial charge in [-0.2, -0.15) is 0 Å². The molecule has 0 radical (unpaired) electrons. The van der Waals surface area contributed by atoms with Crippen molar-refractivity contribution in [2.45, 2.75) is 63.5 Å². The fraction of sp³-hybridized carbons (Fsp3) is 0.917. The van der Waals surface area contributed by atoms with Crippen LogP contribution >= 0.6 is 0 Å². The average molecular weight is 228 g/mol. The molecule has 0 aromatic carbocycles. The van der Waals surface area contributed by atoms with Crippen molar-refractivity contribution in [3.05, 3.63) is 0 Å². The molecule has 1 atom stereocenters. The van der Waals surface area contributed by atoms with Crippen LogP contribution in [0.5, 0.6) is 0 Å². The molecule has 1 aliphatic rings. The molecule has 0 spiro atoms. The van der Waals surface area contributed by atoms with Crippen LogP contribution < -0.4 is 11.1 Å². The second-order valence-corrected chi connectivity index (χ2v) is 4.93. The number of carbonyl (C=O) groups excluding carboxylic acids is 1. The normalized spacial score (nSPS) is 21.4. The minimum Gasteiger partial charge on any atom is -0.388 e. The second kappa shape index (κ2) is 6.21. The molecule has 1 aliphatic carbocycles. The maximum absolute atomic E-state index is 11.5. The highest BCUT2D eigenvalue weighted by molar-refractivity contribution is 5.76. The standard InChI is InChI=1S/C12H24N2O2/c1-2-10(13)8-11(15)14-9-12(16)6-4-3-5-7-12/h10,16H,2-9,13H2,1H3,(H,14,15). The molecule has 0 heterocycles. The van der Waals surface area contributed by atoms with E-state index < -0.39 is 5.60 Å². The van der Waals surface area contributed by atoms with Crippen LogP contribution in [0.1, 0.15) is 51.9 Å². The second-order valence-electron chi connectivity index (χ2n) is 4.93. The van der Waals surface area contributed by atoms with E-state index in [1.165, 1.54) is 6.42 Å². The van der Waals surface area contributed by atoms with Crippen LogP contribution in [0, 0.1) is 0 Å². The summed E-state index contributed by atoms with van der Waals surface area (Å²) in [5, 5.41) is 13.0. The number of nitrogens with two attached hydrogens (primary N) is 1. The van der Waals surface area contributed by atoms with E-state index in [0.717, 1.165) is 32.1 Å². The van der Waals surface area contributed by atoms with Crippen LogP contribution in [-0.4, -0.2) is 29.2 Å². The molecule has 1 saturated carbocycles. The van der Waals surface area contributed by atoms with Crippen molar-refractivity contribution in [2.75, 3.05) is 6.54 Å². The van der Waals surface area contributed by atoms with Gasteiger partial charge in [0.15, 0.2) is 0 Å². The van der Waals surface area contributed by atoms with Gasteiger partial charge in [-0.3, -0.25) is 4.79 Å². The molecule has 1 unspecified atom stereocenters. The molecule has 16 heavy (non-hydrogen) atoms. The third-order valence-electron chi connectivity index (χ3n) is 3.37. The lowest BCUT2D eigenvalue weighted by molar-refractivity contribution is -0.123. The van der Waals surface area contributed by atoms with Gasteiger partial charge in [-0.05, 0) is 19.3 Å². The lowest BCUT2D eigenvalue weighted by Crippen LogP contribution is -2.45. The van der Waals surface area contributed by atoms with Gasteiger partial charge in [0.25, 0.3) is 0 Å². The van der Waals surface area contributed by atoms with Crippen molar-refractivity contribution in [1.29, 1.82) is 0 Å². The summed E-state index contributed by atoms with van der Waals surface area (Å²) >= 11 is 0. The number of aliphatic hydroxyl groups is 1. The molecule has 0 aliphatic heterocycles. The molecular formula is C12H24N2O2. The molecule has 0 saturated heterocycles. The Bertz CT molecular complexity index is 225. The van der Waals surface area contributed by atoms with Gasteiger partial charge in [0.2, 0.25) is 5.91 Å². The van der Waals surface area contributed by atoms with Crippen LogP contribution in [0.4, 0.5) is 0 Å². The van der Waals surface area contributed by atoms with Gasteiger partial charge in [-0.15, -0.1) is 0 Å². The SMILES string of the molecule is CCC(N)CC(=O)NCC1(O)CCCCC1. The van der Waals surface area contributed by atoms with Crippen LogP contribution in [0.3, 0.4) is 0 Å². The topological polar surface area (TPSA) is 75.4 Å². The van der Waals surface area contributed by atoms with E-state index in [4.69, 9.17) is 5.73 Å². The zero-order valence-corrected chi connectivity index (χ0v) is 10.2. The minimum atomic E-state index is -0.676. The molecular weight excluding hydrogens is 204 g/mol. The third kappa shape index (κ3) is 4.49. The van der Waals surface area contributed by atoms with Crippen LogP contribution in [-0.2, 0) is 4.79 Å². The minimum absolute atomic E-state index is 0.0478. The van der Waals surface area contributed by atoms with Crippen LogP contribution in [0.15, 0.2) is 0 Å².